The standard InChI is InChI=1S/C42H52N6O8S/c1-54-28-17-18-30-32(19-28)44-33(34-24-57-40(45-34)43-26-12-7-8-13-26)21-36(30)55-29-20-35-37(49)47-42(39(51)52)22-25(42)11-5-3-2-4-6-16-31(38(50)48(35)23-29)46-41(53)56-27-14-9-10-15-27/h5,11,17-19,21,24-27,29,31,35H,2-4,6-10,12-16,20,22-23H2,1H3,(H,43,45)(H,46,53)(H,47,49)(H,51,52)/b11-5-/t25-,29+,31+,35-,42-/m0/s1. The number of pyridine rings is 1. The number of carbonyl (C=O) groups excluding carboxylic acids is 3. The minimum Gasteiger partial charge on any atom is -0.497 e. The van der Waals surface area contributed by atoms with Gasteiger partial charge >= 0.3 is 12.1 Å². The molecule has 304 valence electrons. The van der Waals surface area contributed by atoms with Gasteiger partial charge in [-0.05, 0) is 76.3 Å². The van der Waals surface area contributed by atoms with Gasteiger partial charge in [-0.2, -0.15) is 0 Å². The lowest BCUT2D eigenvalue weighted by Gasteiger charge is -2.29. The highest BCUT2D eigenvalue weighted by molar-refractivity contribution is 7.14. The molecular formula is C42H52N6O8S. The van der Waals surface area contributed by atoms with Crippen LogP contribution in [-0.2, 0) is 19.1 Å². The summed E-state index contributed by atoms with van der Waals surface area (Å²) in [4.78, 5) is 65.9. The summed E-state index contributed by atoms with van der Waals surface area (Å²) >= 11 is 1.53. The number of rotatable bonds is 9. The number of nitrogens with zero attached hydrogens (tertiary/aromatic N) is 3. The zero-order chi connectivity index (χ0) is 39.5. The lowest BCUT2D eigenvalue weighted by molar-refractivity contribution is -0.145. The molecule has 15 heteroatoms. The Morgan fingerprint density at radius 2 is 1.75 bits per heavy atom. The molecule has 57 heavy (non-hydrogen) atoms. The maximum Gasteiger partial charge on any atom is 0.408 e. The Bertz CT molecular complexity index is 2010. The van der Waals surface area contributed by atoms with Gasteiger partial charge in [0.15, 0.2) is 5.13 Å². The third-order valence-electron chi connectivity index (χ3n) is 12.2. The van der Waals surface area contributed by atoms with Crippen LogP contribution in [0.15, 0.2) is 41.8 Å². The Hall–Kier alpha value is -4.92. The zero-order valence-electron chi connectivity index (χ0n) is 32.4. The van der Waals surface area contributed by atoms with Crippen LogP contribution in [0.2, 0.25) is 0 Å². The molecular weight excluding hydrogens is 749 g/mol. The molecule has 4 fully saturated rings. The highest BCUT2D eigenvalue weighted by Gasteiger charge is 2.61. The predicted octanol–water partition coefficient (Wildman–Crippen LogP) is 6.59. The number of benzene rings is 1. The van der Waals surface area contributed by atoms with E-state index in [1.165, 1.54) is 29.1 Å². The van der Waals surface area contributed by atoms with E-state index >= 15 is 0 Å². The number of fused-ring (bicyclic) bond motifs is 3. The Labute approximate surface area is 336 Å². The van der Waals surface area contributed by atoms with E-state index in [1.54, 1.807) is 7.11 Å². The van der Waals surface area contributed by atoms with Crippen molar-refractivity contribution in [2.75, 3.05) is 19.0 Å². The lowest BCUT2D eigenvalue weighted by atomic mass is 10.0. The molecule has 1 aromatic carbocycles. The fourth-order valence-corrected chi connectivity index (χ4v) is 9.68. The number of ether oxygens (including phenoxy) is 3. The molecule has 0 unspecified atom stereocenters. The lowest BCUT2D eigenvalue weighted by Crippen LogP contribution is -2.56. The fourth-order valence-electron chi connectivity index (χ4n) is 8.89. The number of amides is 3. The first kappa shape index (κ1) is 38.9. The number of aromatic nitrogens is 2. The summed E-state index contributed by atoms with van der Waals surface area (Å²) in [5.41, 5.74) is 0.472. The van der Waals surface area contributed by atoms with Crippen LogP contribution >= 0.6 is 11.3 Å². The molecule has 3 amide bonds. The highest BCUT2D eigenvalue weighted by Crippen LogP contribution is 2.45. The van der Waals surface area contributed by atoms with Gasteiger partial charge in [-0.25, -0.2) is 19.6 Å². The van der Waals surface area contributed by atoms with E-state index in [1.807, 2.05) is 41.8 Å². The first-order chi connectivity index (χ1) is 27.7. The van der Waals surface area contributed by atoms with Crippen molar-refractivity contribution in [2.45, 2.75) is 132 Å². The number of allylic oxidation sites excluding steroid dienone is 1. The van der Waals surface area contributed by atoms with Crippen LogP contribution in [0.4, 0.5) is 9.93 Å². The number of thiazole rings is 1. The first-order valence-corrected chi connectivity index (χ1v) is 21.4. The number of anilines is 1. The van der Waals surface area contributed by atoms with Crippen LogP contribution in [0.1, 0.15) is 96.3 Å². The van der Waals surface area contributed by atoms with Crippen LogP contribution < -0.4 is 25.4 Å². The summed E-state index contributed by atoms with van der Waals surface area (Å²) in [6.45, 7) is 0.0393. The second-order valence-corrected chi connectivity index (χ2v) is 17.0. The second-order valence-electron chi connectivity index (χ2n) is 16.2. The Morgan fingerprint density at radius 3 is 2.54 bits per heavy atom. The van der Waals surface area contributed by atoms with Gasteiger partial charge in [0.05, 0.1) is 24.9 Å². The quantitative estimate of drug-likeness (QED) is 0.172. The molecule has 2 aliphatic heterocycles. The fraction of sp³-hybridized carbons (Fsp3) is 0.571. The molecule has 3 aromatic rings. The number of carboxylic acids is 1. The van der Waals surface area contributed by atoms with Crippen LogP contribution in [0.3, 0.4) is 0 Å². The number of aliphatic carboxylic acids is 1. The minimum atomic E-state index is -1.45. The molecule has 0 radical (unpaired) electrons. The van der Waals surface area contributed by atoms with Crippen molar-refractivity contribution in [3.05, 3.63) is 41.8 Å². The maximum atomic E-state index is 14.6. The Morgan fingerprint density at radius 1 is 0.965 bits per heavy atom. The molecule has 0 bridgehead atoms. The van der Waals surface area contributed by atoms with E-state index in [0.29, 0.717) is 52.7 Å². The summed E-state index contributed by atoms with van der Waals surface area (Å²) in [5.74, 6) is -1.32. The third kappa shape index (κ3) is 8.68. The van der Waals surface area contributed by atoms with Gasteiger partial charge in [-0.1, -0.05) is 37.8 Å². The molecule has 1 saturated heterocycles. The van der Waals surface area contributed by atoms with Crippen molar-refractivity contribution in [2.24, 2.45) is 5.92 Å². The molecule has 4 N–H and O–H groups in total. The summed E-state index contributed by atoms with van der Waals surface area (Å²) in [6.07, 6.45) is 14.4. The number of hydrogen-bond acceptors (Lipinski definition) is 11. The number of carbonyl (C=O) groups is 4. The van der Waals surface area contributed by atoms with Gasteiger partial charge in [0.25, 0.3) is 0 Å². The minimum absolute atomic E-state index is 0.0393. The van der Waals surface area contributed by atoms with Crippen LogP contribution in [0, 0.1) is 5.92 Å². The van der Waals surface area contributed by atoms with Crippen molar-refractivity contribution in [1.82, 2.24) is 25.5 Å². The molecule has 5 aliphatic rings. The zero-order valence-corrected chi connectivity index (χ0v) is 33.2. The number of methoxy groups -OCH3 is 1. The molecule has 5 atom stereocenters. The van der Waals surface area contributed by atoms with Crippen molar-refractivity contribution in [3.8, 4) is 22.9 Å². The van der Waals surface area contributed by atoms with Crippen molar-refractivity contribution in [1.29, 1.82) is 0 Å². The average molecular weight is 801 g/mol. The summed E-state index contributed by atoms with van der Waals surface area (Å²) in [5, 5.41) is 23.0. The smallest absolute Gasteiger partial charge is 0.408 e. The van der Waals surface area contributed by atoms with Gasteiger partial charge in [-0.3, -0.25) is 9.59 Å². The molecule has 3 saturated carbocycles. The van der Waals surface area contributed by atoms with E-state index in [4.69, 9.17) is 24.2 Å². The number of carboxylic acid groups (broad SMARTS) is 1. The number of alkyl carbamates (subject to hydrolysis) is 1. The Kier molecular flexibility index (Phi) is 11.5. The third-order valence-corrected chi connectivity index (χ3v) is 13.0. The van der Waals surface area contributed by atoms with E-state index in [9.17, 15) is 24.3 Å². The van der Waals surface area contributed by atoms with Gasteiger partial charge in [0.2, 0.25) is 11.8 Å². The van der Waals surface area contributed by atoms with Gasteiger partial charge in [0.1, 0.15) is 47.0 Å². The largest absolute Gasteiger partial charge is 0.497 e. The first-order valence-electron chi connectivity index (χ1n) is 20.6. The van der Waals surface area contributed by atoms with Crippen LogP contribution in [0.25, 0.3) is 22.3 Å². The van der Waals surface area contributed by atoms with Crippen LogP contribution in [0.5, 0.6) is 11.5 Å². The van der Waals surface area contributed by atoms with Gasteiger partial charge < -0.3 is 40.2 Å². The van der Waals surface area contributed by atoms with E-state index in [2.05, 4.69) is 16.0 Å². The molecule has 0 spiro atoms. The molecule has 14 nitrogen and oxygen atoms in total. The van der Waals surface area contributed by atoms with E-state index < -0.39 is 47.6 Å². The second kappa shape index (κ2) is 16.9. The number of hydrogen-bond donors (Lipinski definition) is 4. The SMILES string of the molecule is COc1ccc2c(O[C@@H]3C[C@H]4C(=O)N[C@@]5(C(=O)O)C[C@@H]5/C=C\CCCCC[C@@H](NC(=O)OC5CCCC5)C(=O)N4C3)cc(-c3csc(NC4CCCC4)n3)nc2c1. The average Bonchev–Trinajstić information content (AvgIpc) is 3.85. The summed E-state index contributed by atoms with van der Waals surface area (Å²) in [6, 6.07) is 5.79. The van der Waals surface area contributed by atoms with Gasteiger partial charge in [0, 0.05) is 41.3 Å². The molecule has 8 rings (SSSR count). The molecule has 3 aliphatic carbocycles. The predicted molar refractivity (Wildman–Crippen MR) is 214 cm³/mol. The monoisotopic (exact) mass is 800 g/mol. The summed E-state index contributed by atoms with van der Waals surface area (Å²) < 4.78 is 18.0. The van der Waals surface area contributed by atoms with E-state index in [0.717, 1.165) is 62.9 Å². The molecule has 2 aromatic heterocycles. The van der Waals surface area contributed by atoms with Crippen molar-refractivity contribution < 1.29 is 38.5 Å². The topological polar surface area (TPSA) is 181 Å². The van der Waals surface area contributed by atoms with Crippen molar-refractivity contribution >= 4 is 51.2 Å². The highest BCUT2D eigenvalue weighted by atomic mass is 32.1. The normalized spacial score (nSPS) is 27.8. The van der Waals surface area contributed by atoms with E-state index in [-0.39, 0.29) is 31.4 Å². The van der Waals surface area contributed by atoms with Crippen LogP contribution in [-0.4, -0.2) is 93.4 Å². The maximum absolute atomic E-state index is 14.6. The number of nitrogens with one attached hydrogen (secondary N) is 3. The van der Waals surface area contributed by atoms with Crippen molar-refractivity contribution in [3.63, 3.8) is 0 Å². The summed E-state index contributed by atoms with van der Waals surface area (Å²) in [7, 11) is 1.59. The Balaban J connectivity index is 1.09. The van der Waals surface area contributed by atoms with Gasteiger partial charge in [-0.15, -0.1) is 11.3 Å². The molecule has 4 heterocycles.